The Labute approximate surface area is 128 Å². The van der Waals surface area contributed by atoms with Crippen LogP contribution in [0, 0.1) is 13.8 Å². The second-order valence-corrected chi connectivity index (χ2v) is 5.61. The molecule has 2 heterocycles. The fraction of sp³-hybridized carbons (Fsp3) is 0.500. The highest BCUT2D eigenvalue weighted by atomic mass is 16.6. The first-order chi connectivity index (χ1) is 10.5. The quantitative estimate of drug-likeness (QED) is 0.584. The second-order valence-electron chi connectivity index (χ2n) is 5.61. The van der Waals surface area contributed by atoms with Gasteiger partial charge in [0, 0.05) is 0 Å². The molecular formula is C16H18O6. The van der Waals surface area contributed by atoms with Crippen LogP contribution >= 0.6 is 0 Å². The molecule has 3 rings (SSSR count). The molecule has 2 aliphatic rings. The zero-order valence-corrected chi connectivity index (χ0v) is 12.6. The predicted octanol–water partition coefficient (Wildman–Crippen LogP) is 1.41. The van der Waals surface area contributed by atoms with E-state index in [0.717, 1.165) is 5.56 Å². The number of ether oxygens (including phenoxy) is 4. The lowest BCUT2D eigenvalue weighted by Crippen LogP contribution is -2.19. The van der Waals surface area contributed by atoms with Crippen LogP contribution in [-0.4, -0.2) is 50.6 Å². The molecule has 6 heteroatoms. The Morgan fingerprint density at radius 2 is 1.59 bits per heavy atom. The van der Waals surface area contributed by atoms with Crippen molar-refractivity contribution in [3.05, 3.63) is 34.4 Å². The molecular weight excluding hydrogens is 288 g/mol. The molecule has 0 bridgehead atoms. The van der Waals surface area contributed by atoms with Gasteiger partial charge in [0.25, 0.3) is 0 Å². The first-order valence-electron chi connectivity index (χ1n) is 7.23. The Hall–Kier alpha value is -1.92. The van der Waals surface area contributed by atoms with E-state index in [0.29, 0.717) is 18.8 Å². The summed E-state index contributed by atoms with van der Waals surface area (Å²) in [7, 11) is 0. The summed E-state index contributed by atoms with van der Waals surface area (Å²) in [5.74, 6) is -1.06. The smallest absolute Gasteiger partial charge is 0.339 e. The van der Waals surface area contributed by atoms with Gasteiger partial charge in [0.15, 0.2) is 0 Å². The van der Waals surface area contributed by atoms with Gasteiger partial charge in [-0.15, -0.1) is 0 Å². The molecule has 6 nitrogen and oxygen atoms in total. The fourth-order valence-electron chi connectivity index (χ4n) is 2.22. The van der Waals surface area contributed by atoms with Crippen LogP contribution in [0.1, 0.15) is 31.8 Å². The molecule has 22 heavy (non-hydrogen) atoms. The third-order valence-electron chi connectivity index (χ3n) is 3.51. The number of hydrogen-bond donors (Lipinski definition) is 0. The molecule has 0 aliphatic carbocycles. The summed E-state index contributed by atoms with van der Waals surface area (Å²) in [6.07, 6.45) is -0.0330. The van der Waals surface area contributed by atoms with E-state index in [1.165, 1.54) is 0 Å². The topological polar surface area (TPSA) is 77.7 Å². The molecule has 0 N–H and O–H groups in total. The Balaban J connectivity index is 1.78. The van der Waals surface area contributed by atoms with E-state index in [-0.39, 0.29) is 36.5 Å². The van der Waals surface area contributed by atoms with Crippen LogP contribution in [0.25, 0.3) is 0 Å². The van der Waals surface area contributed by atoms with Crippen molar-refractivity contribution in [2.45, 2.75) is 26.1 Å². The van der Waals surface area contributed by atoms with Crippen molar-refractivity contribution in [3.8, 4) is 0 Å². The molecule has 2 fully saturated rings. The number of esters is 2. The predicted molar refractivity (Wildman–Crippen MR) is 76.0 cm³/mol. The van der Waals surface area contributed by atoms with E-state index in [4.69, 9.17) is 18.9 Å². The van der Waals surface area contributed by atoms with Crippen LogP contribution in [0.15, 0.2) is 12.1 Å². The van der Waals surface area contributed by atoms with E-state index in [1.54, 1.807) is 13.0 Å². The van der Waals surface area contributed by atoms with Gasteiger partial charge in [-0.3, -0.25) is 0 Å². The zero-order chi connectivity index (χ0) is 15.7. The molecule has 0 aromatic heterocycles. The highest BCUT2D eigenvalue weighted by Gasteiger charge is 2.29. The SMILES string of the molecule is Cc1cc(C)c(C(=O)OCC2CO2)c(C(=O)OCC2CO2)c1. The Bertz CT molecular complexity index is 601. The standard InChI is InChI=1S/C16H18O6/c1-9-3-10(2)14(16(18)22-8-12-6-20-12)13(4-9)15(17)21-7-11-5-19-11/h3-4,11-12H,5-8H2,1-2H3. The Morgan fingerprint density at radius 1 is 1.05 bits per heavy atom. The maximum atomic E-state index is 12.3. The maximum Gasteiger partial charge on any atom is 0.339 e. The van der Waals surface area contributed by atoms with Crippen molar-refractivity contribution in [1.29, 1.82) is 0 Å². The summed E-state index contributed by atoms with van der Waals surface area (Å²) in [6, 6.07) is 3.48. The summed E-state index contributed by atoms with van der Waals surface area (Å²) in [5.41, 5.74) is 2.07. The molecule has 2 aliphatic heterocycles. The second kappa shape index (κ2) is 6.06. The van der Waals surface area contributed by atoms with Gasteiger partial charge in [-0.1, -0.05) is 6.07 Å². The molecule has 1 aromatic rings. The van der Waals surface area contributed by atoms with Crippen LogP contribution in [0.3, 0.4) is 0 Å². The third-order valence-corrected chi connectivity index (χ3v) is 3.51. The molecule has 2 saturated heterocycles. The largest absolute Gasteiger partial charge is 0.459 e. The van der Waals surface area contributed by atoms with Gasteiger partial charge in [-0.25, -0.2) is 9.59 Å². The number of hydrogen-bond acceptors (Lipinski definition) is 6. The summed E-state index contributed by atoms with van der Waals surface area (Å²) in [6.45, 7) is 5.26. The number of rotatable bonds is 6. The molecule has 118 valence electrons. The molecule has 0 radical (unpaired) electrons. The van der Waals surface area contributed by atoms with Crippen molar-refractivity contribution in [3.63, 3.8) is 0 Å². The molecule has 0 amide bonds. The van der Waals surface area contributed by atoms with Crippen molar-refractivity contribution >= 4 is 11.9 Å². The third kappa shape index (κ3) is 3.64. The molecule has 0 spiro atoms. The lowest BCUT2D eigenvalue weighted by atomic mass is 9.99. The summed E-state index contributed by atoms with van der Waals surface area (Å²) in [4.78, 5) is 24.5. The van der Waals surface area contributed by atoms with Crippen molar-refractivity contribution < 1.29 is 28.5 Å². The Kier molecular flexibility index (Phi) is 4.13. The van der Waals surface area contributed by atoms with Gasteiger partial charge in [0.05, 0.1) is 24.3 Å². The monoisotopic (exact) mass is 306 g/mol. The number of epoxide rings is 2. The number of carbonyl (C=O) groups is 2. The van der Waals surface area contributed by atoms with Crippen LogP contribution in [0.5, 0.6) is 0 Å². The van der Waals surface area contributed by atoms with Crippen molar-refractivity contribution in [2.75, 3.05) is 26.4 Å². The first kappa shape index (κ1) is 15.0. The number of carbonyl (C=O) groups excluding carboxylic acids is 2. The van der Waals surface area contributed by atoms with Gasteiger partial charge in [-0.05, 0) is 31.0 Å². The normalized spacial score (nSPS) is 22.1. The molecule has 0 saturated carbocycles. The van der Waals surface area contributed by atoms with Gasteiger partial charge in [-0.2, -0.15) is 0 Å². The van der Waals surface area contributed by atoms with Crippen LogP contribution in [-0.2, 0) is 18.9 Å². The van der Waals surface area contributed by atoms with E-state index in [1.807, 2.05) is 13.0 Å². The van der Waals surface area contributed by atoms with Crippen LogP contribution in [0.4, 0.5) is 0 Å². The van der Waals surface area contributed by atoms with Gasteiger partial charge in [0.2, 0.25) is 0 Å². The van der Waals surface area contributed by atoms with Crippen molar-refractivity contribution in [2.24, 2.45) is 0 Å². The van der Waals surface area contributed by atoms with E-state index in [9.17, 15) is 9.59 Å². The summed E-state index contributed by atoms with van der Waals surface area (Å²) in [5, 5.41) is 0. The lowest BCUT2D eigenvalue weighted by Gasteiger charge is -2.12. The maximum absolute atomic E-state index is 12.3. The molecule has 2 unspecified atom stereocenters. The van der Waals surface area contributed by atoms with Crippen molar-refractivity contribution in [1.82, 2.24) is 0 Å². The summed E-state index contributed by atoms with van der Waals surface area (Å²) >= 11 is 0. The highest BCUT2D eigenvalue weighted by Crippen LogP contribution is 2.21. The minimum Gasteiger partial charge on any atom is -0.459 e. The molecule has 1 aromatic carbocycles. The van der Waals surface area contributed by atoms with Crippen LogP contribution < -0.4 is 0 Å². The average Bonchev–Trinajstić information content (AvgIpc) is 3.36. The highest BCUT2D eigenvalue weighted by molar-refractivity contribution is 6.04. The number of benzene rings is 1. The molecule has 2 atom stereocenters. The van der Waals surface area contributed by atoms with Gasteiger partial charge >= 0.3 is 11.9 Å². The zero-order valence-electron chi connectivity index (χ0n) is 12.6. The van der Waals surface area contributed by atoms with E-state index in [2.05, 4.69) is 0 Å². The fourth-order valence-corrected chi connectivity index (χ4v) is 2.22. The average molecular weight is 306 g/mol. The van der Waals surface area contributed by atoms with E-state index >= 15 is 0 Å². The van der Waals surface area contributed by atoms with E-state index < -0.39 is 11.9 Å². The number of aryl methyl sites for hydroxylation is 2. The Morgan fingerprint density at radius 3 is 2.14 bits per heavy atom. The minimum absolute atomic E-state index is 0.0164. The first-order valence-corrected chi connectivity index (χ1v) is 7.23. The van der Waals surface area contributed by atoms with Gasteiger partial charge < -0.3 is 18.9 Å². The summed E-state index contributed by atoms with van der Waals surface area (Å²) < 4.78 is 20.4. The van der Waals surface area contributed by atoms with Gasteiger partial charge in [0.1, 0.15) is 25.4 Å². The lowest BCUT2D eigenvalue weighted by molar-refractivity contribution is 0.0430. The van der Waals surface area contributed by atoms with Crippen LogP contribution in [0.2, 0.25) is 0 Å². The minimum atomic E-state index is -0.531.